The van der Waals surface area contributed by atoms with Gasteiger partial charge in [-0.1, -0.05) is 12.1 Å². The Morgan fingerprint density at radius 2 is 1.81 bits per heavy atom. The Balaban J connectivity index is 1.71. The lowest BCUT2D eigenvalue weighted by atomic mass is 9.89. The smallest absolute Gasteiger partial charge is 0.326 e. The number of anilines is 2. The number of benzene rings is 1. The number of nitrogens with two attached hydrogens (primary N) is 2. The number of carboxylic acids is 2. The molecule has 0 fully saturated rings. The van der Waals surface area contributed by atoms with Crippen molar-refractivity contribution in [1.82, 2.24) is 20.3 Å². The quantitative estimate of drug-likeness (QED) is 0.202. The van der Waals surface area contributed by atoms with Gasteiger partial charge in [-0.05, 0) is 54.9 Å². The zero-order chi connectivity index (χ0) is 26.2. The predicted octanol–water partition coefficient (Wildman–Crippen LogP) is 1.92. The zero-order valence-corrected chi connectivity index (χ0v) is 19.9. The molecule has 0 aliphatic heterocycles. The first-order valence-electron chi connectivity index (χ1n) is 11.4. The van der Waals surface area contributed by atoms with E-state index < -0.39 is 23.9 Å². The molecule has 0 saturated carbocycles. The van der Waals surface area contributed by atoms with Crippen molar-refractivity contribution in [2.45, 2.75) is 44.1 Å². The third-order valence-corrected chi connectivity index (χ3v) is 5.99. The van der Waals surface area contributed by atoms with Crippen LogP contribution in [0, 0.1) is 0 Å². The van der Waals surface area contributed by atoms with E-state index in [2.05, 4.69) is 20.3 Å². The summed E-state index contributed by atoms with van der Waals surface area (Å²) in [6.45, 7) is 0.548. The van der Waals surface area contributed by atoms with Gasteiger partial charge in [0.15, 0.2) is 0 Å². The van der Waals surface area contributed by atoms with Crippen molar-refractivity contribution in [3.05, 3.63) is 47.2 Å². The van der Waals surface area contributed by atoms with E-state index in [-0.39, 0.29) is 30.3 Å². The lowest BCUT2D eigenvalue weighted by molar-refractivity contribution is -0.140. The number of carbonyl (C=O) groups excluding carboxylic acids is 1. The molecule has 0 aliphatic rings. The highest BCUT2D eigenvalue weighted by Crippen LogP contribution is 2.29. The summed E-state index contributed by atoms with van der Waals surface area (Å²) >= 11 is 0. The summed E-state index contributed by atoms with van der Waals surface area (Å²) in [5.41, 5.74) is 14.6. The number of ether oxygens (including phenoxy) is 1. The number of aliphatic carboxylic acids is 2. The minimum absolute atomic E-state index is 0.104. The van der Waals surface area contributed by atoms with Crippen LogP contribution in [0.1, 0.15) is 53.1 Å². The standard InChI is InChI=1S/C24H30N6O6/c1-36-11-10-14(4-7-16-12-27-21-19(16)20(25)29-24(26)30-21)13-2-5-15(6-3-13)22(33)28-17(23(34)35)8-9-18(31)32/h2-3,5-6,12,14,17H,4,7-11H2,1H3,(H,28,33)(H,31,32)(H,34,35)(H5,25,26,27,29,30)/t14?,17-/m0/s1. The SMILES string of the molecule is COCCC(CCc1c[nH]c2nc(N)nc(N)c12)c1ccc(C(=O)N[C@@H](CCC(=O)O)C(=O)O)cc1. The molecule has 0 saturated heterocycles. The first kappa shape index (κ1) is 26.4. The number of carboxylic acid groups (broad SMARTS) is 2. The van der Waals surface area contributed by atoms with Crippen LogP contribution in [0.4, 0.5) is 11.8 Å². The second-order valence-corrected chi connectivity index (χ2v) is 8.44. The summed E-state index contributed by atoms with van der Waals surface area (Å²) in [5, 5.41) is 21.2. The molecular weight excluding hydrogens is 468 g/mol. The van der Waals surface area contributed by atoms with Crippen molar-refractivity contribution >= 4 is 40.6 Å². The number of nitrogens with zero attached hydrogens (tertiary/aromatic N) is 2. The maximum atomic E-state index is 12.5. The van der Waals surface area contributed by atoms with Crippen LogP contribution in [0.25, 0.3) is 11.0 Å². The molecule has 1 aromatic carbocycles. The molecule has 8 N–H and O–H groups in total. The molecule has 2 heterocycles. The number of methoxy groups -OCH3 is 1. The number of hydrogen-bond donors (Lipinski definition) is 6. The minimum Gasteiger partial charge on any atom is -0.481 e. The van der Waals surface area contributed by atoms with Gasteiger partial charge >= 0.3 is 11.9 Å². The third-order valence-electron chi connectivity index (χ3n) is 5.99. The molecule has 0 aliphatic carbocycles. The van der Waals surface area contributed by atoms with Crippen LogP contribution in [0.3, 0.4) is 0 Å². The Bertz CT molecular complexity index is 1230. The number of aromatic amines is 1. The molecule has 0 radical (unpaired) electrons. The largest absolute Gasteiger partial charge is 0.481 e. The van der Waals surface area contributed by atoms with E-state index in [9.17, 15) is 19.5 Å². The van der Waals surface area contributed by atoms with Crippen LogP contribution in [0.15, 0.2) is 30.5 Å². The van der Waals surface area contributed by atoms with E-state index in [1.165, 1.54) is 0 Å². The summed E-state index contributed by atoms with van der Waals surface area (Å²) in [4.78, 5) is 46.0. The highest BCUT2D eigenvalue weighted by molar-refractivity contribution is 5.96. The van der Waals surface area contributed by atoms with Crippen molar-refractivity contribution in [2.75, 3.05) is 25.2 Å². The van der Waals surface area contributed by atoms with Gasteiger partial charge in [0, 0.05) is 31.9 Å². The van der Waals surface area contributed by atoms with Crippen LogP contribution in [0.2, 0.25) is 0 Å². The average Bonchev–Trinajstić information content (AvgIpc) is 3.24. The molecule has 3 rings (SSSR count). The van der Waals surface area contributed by atoms with Gasteiger partial charge in [-0.2, -0.15) is 9.97 Å². The predicted molar refractivity (Wildman–Crippen MR) is 132 cm³/mol. The van der Waals surface area contributed by atoms with Crippen LogP contribution >= 0.6 is 0 Å². The molecule has 36 heavy (non-hydrogen) atoms. The minimum atomic E-state index is -1.29. The molecule has 1 unspecified atom stereocenters. The monoisotopic (exact) mass is 498 g/mol. The van der Waals surface area contributed by atoms with Gasteiger partial charge in [-0.3, -0.25) is 9.59 Å². The van der Waals surface area contributed by atoms with E-state index >= 15 is 0 Å². The van der Waals surface area contributed by atoms with Crippen LogP contribution in [0.5, 0.6) is 0 Å². The molecule has 0 bridgehead atoms. The molecule has 2 atom stereocenters. The Labute approximate surface area is 207 Å². The van der Waals surface area contributed by atoms with Gasteiger partial charge in [0.2, 0.25) is 5.95 Å². The Hall–Kier alpha value is -4.19. The molecule has 2 aromatic heterocycles. The summed E-state index contributed by atoms with van der Waals surface area (Å²) in [6, 6.07) is 5.62. The average molecular weight is 499 g/mol. The Morgan fingerprint density at radius 3 is 2.44 bits per heavy atom. The van der Waals surface area contributed by atoms with E-state index in [4.69, 9.17) is 21.3 Å². The van der Waals surface area contributed by atoms with Crippen LogP contribution in [-0.4, -0.2) is 62.8 Å². The van der Waals surface area contributed by atoms with Gasteiger partial charge in [0.1, 0.15) is 17.5 Å². The molecule has 12 nitrogen and oxygen atoms in total. The lowest BCUT2D eigenvalue weighted by Crippen LogP contribution is -2.41. The van der Waals surface area contributed by atoms with Gasteiger partial charge in [-0.15, -0.1) is 0 Å². The van der Waals surface area contributed by atoms with Gasteiger partial charge in [-0.25, -0.2) is 4.79 Å². The first-order valence-corrected chi connectivity index (χ1v) is 11.4. The number of H-pyrrole nitrogens is 1. The van der Waals surface area contributed by atoms with Crippen molar-refractivity contribution in [2.24, 2.45) is 0 Å². The van der Waals surface area contributed by atoms with Crippen LogP contribution in [-0.2, 0) is 20.7 Å². The van der Waals surface area contributed by atoms with Gasteiger partial charge in [0.05, 0.1) is 5.39 Å². The lowest BCUT2D eigenvalue weighted by Gasteiger charge is -2.18. The molecule has 12 heteroatoms. The Kier molecular flexibility index (Phi) is 8.79. The molecular formula is C24H30N6O6. The number of nitrogens with one attached hydrogen (secondary N) is 2. The van der Waals surface area contributed by atoms with Crippen molar-refractivity contribution in [3.63, 3.8) is 0 Å². The number of fused-ring (bicyclic) bond motifs is 1. The second kappa shape index (κ2) is 12.0. The summed E-state index contributed by atoms with van der Waals surface area (Å²) in [7, 11) is 1.63. The van der Waals surface area contributed by atoms with Crippen molar-refractivity contribution < 1.29 is 29.3 Å². The fourth-order valence-electron chi connectivity index (χ4n) is 4.08. The number of carbonyl (C=O) groups is 3. The normalized spacial score (nSPS) is 12.8. The zero-order valence-electron chi connectivity index (χ0n) is 19.9. The number of aromatic nitrogens is 3. The number of hydrogen-bond acceptors (Lipinski definition) is 8. The summed E-state index contributed by atoms with van der Waals surface area (Å²) in [5.74, 6) is -2.46. The highest BCUT2D eigenvalue weighted by atomic mass is 16.5. The van der Waals surface area contributed by atoms with Gasteiger partial charge < -0.3 is 36.7 Å². The number of rotatable bonds is 13. The first-order chi connectivity index (χ1) is 17.2. The number of nitrogen functional groups attached to an aromatic ring is 2. The second-order valence-electron chi connectivity index (χ2n) is 8.44. The van der Waals surface area contributed by atoms with Crippen LogP contribution < -0.4 is 16.8 Å². The van der Waals surface area contributed by atoms with Gasteiger partial charge in [0.25, 0.3) is 5.91 Å². The van der Waals surface area contributed by atoms with E-state index in [0.717, 1.165) is 29.4 Å². The third kappa shape index (κ3) is 6.69. The number of amides is 1. The van der Waals surface area contributed by atoms with E-state index in [1.54, 1.807) is 19.2 Å². The molecule has 1 amide bonds. The maximum Gasteiger partial charge on any atom is 0.326 e. The Morgan fingerprint density at radius 1 is 1.08 bits per heavy atom. The maximum absolute atomic E-state index is 12.5. The molecule has 0 spiro atoms. The molecule has 3 aromatic rings. The van der Waals surface area contributed by atoms with Crippen molar-refractivity contribution in [3.8, 4) is 0 Å². The molecule has 192 valence electrons. The summed E-state index contributed by atoms with van der Waals surface area (Å²) in [6.07, 6.45) is 3.49. The topological polar surface area (TPSA) is 207 Å². The van der Waals surface area contributed by atoms with Crippen molar-refractivity contribution in [1.29, 1.82) is 0 Å². The fourth-order valence-corrected chi connectivity index (χ4v) is 4.08. The van der Waals surface area contributed by atoms with E-state index in [1.807, 2.05) is 18.3 Å². The van der Waals surface area contributed by atoms with E-state index in [0.29, 0.717) is 24.5 Å². The number of aryl methyl sites for hydroxylation is 1. The fraction of sp³-hybridized carbons (Fsp3) is 0.375. The summed E-state index contributed by atoms with van der Waals surface area (Å²) < 4.78 is 5.28. The highest BCUT2D eigenvalue weighted by Gasteiger charge is 2.22.